The predicted octanol–water partition coefficient (Wildman–Crippen LogP) is 1.93. The number of aliphatic carboxylic acids is 1. The summed E-state index contributed by atoms with van der Waals surface area (Å²) in [6, 6.07) is 8.41. The average Bonchev–Trinajstić information content (AvgIpc) is 2.99. The standard InChI is InChI=1S/C15H21NO4S/c17-15(18)14(11-10-12-6-2-1-3-7-12)16-21(19,20)13-8-4-5-9-13/h1-3,6-7,13-14,16H,4-5,8-11H2,(H,17,18). The maximum absolute atomic E-state index is 12.2. The van der Waals surface area contributed by atoms with E-state index in [2.05, 4.69) is 4.72 Å². The zero-order valence-electron chi connectivity index (χ0n) is 11.9. The van der Waals surface area contributed by atoms with Gasteiger partial charge in [0.2, 0.25) is 10.0 Å². The lowest BCUT2D eigenvalue weighted by molar-refractivity contribution is -0.139. The topological polar surface area (TPSA) is 83.5 Å². The minimum absolute atomic E-state index is 0.255. The lowest BCUT2D eigenvalue weighted by atomic mass is 10.1. The molecule has 0 amide bonds. The zero-order valence-corrected chi connectivity index (χ0v) is 12.7. The highest BCUT2D eigenvalue weighted by Gasteiger charge is 2.32. The van der Waals surface area contributed by atoms with Crippen LogP contribution in [-0.2, 0) is 21.2 Å². The van der Waals surface area contributed by atoms with Crippen molar-refractivity contribution in [2.24, 2.45) is 0 Å². The Hall–Kier alpha value is -1.40. The van der Waals surface area contributed by atoms with E-state index in [1.165, 1.54) is 0 Å². The molecule has 6 heteroatoms. The van der Waals surface area contributed by atoms with E-state index in [0.717, 1.165) is 18.4 Å². The van der Waals surface area contributed by atoms with Crippen LogP contribution in [0.4, 0.5) is 0 Å². The lowest BCUT2D eigenvalue weighted by Crippen LogP contribution is -2.44. The van der Waals surface area contributed by atoms with Crippen molar-refractivity contribution in [3.63, 3.8) is 0 Å². The molecule has 0 saturated heterocycles. The summed E-state index contributed by atoms with van der Waals surface area (Å²) in [7, 11) is -3.54. The van der Waals surface area contributed by atoms with E-state index in [9.17, 15) is 18.3 Å². The summed E-state index contributed by atoms with van der Waals surface area (Å²) in [6.45, 7) is 0. The van der Waals surface area contributed by atoms with Crippen molar-refractivity contribution < 1.29 is 18.3 Å². The first kappa shape index (κ1) is 16.0. The number of sulfonamides is 1. The number of carboxylic acid groups (broad SMARTS) is 1. The maximum atomic E-state index is 12.2. The van der Waals surface area contributed by atoms with Crippen LogP contribution in [0.2, 0.25) is 0 Å². The largest absolute Gasteiger partial charge is 0.480 e. The third-order valence-corrected chi connectivity index (χ3v) is 5.87. The summed E-state index contributed by atoms with van der Waals surface area (Å²) >= 11 is 0. The summed E-state index contributed by atoms with van der Waals surface area (Å²) in [6.07, 6.45) is 3.83. The van der Waals surface area contributed by atoms with E-state index in [4.69, 9.17) is 0 Å². The normalized spacial score (nSPS) is 17.7. The highest BCUT2D eigenvalue weighted by atomic mass is 32.2. The van der Waals surface area contributed by atoms with Gasteiger partial charge in [0, 0.05) is 0 Å². The molecule has 5 nitrogen and oxygen atoms in total. The van der Waals surface area contributed by atoms with Gasteiger partial charge in [0.05, 0.1) is 5.25 Å². The Bertz CT molecular complexity index is 565. The van der Waals surface area contributed by atoms with Gasteiger partial charge in [0.15, 0.2) is 0 Å². The molecule has 0 radical (unpaired) electrons. The third-order valence-electron chi connectivity index (χ3n) is 3.91. The molecule has 0 spiro atoms. The average molecular weight is 311 g/mol. The maximum Gasteiger partial charge on any atom is 0.321 e. The van der Waals surface area contributed by atoms with Crippen molar-refractivity contribution in [2.45, 2.75) is 49.8 Å². The van der Waals surface area contributed by atoms with Crippen molar-refractivity contribution in [1.29, 1.82) is 0 Å². The van der Waals surface area contributed by atoms with E-state index in [0.29, 0.717) is 19.3 Å². The van der Waals surface area contributed by atoms with E-state index < -0.39 is 27.3 Å². The van der Waals surface area contributed by atoms with Crippen molar-refractivity contribution in [2.75, 3.05) is 0 Å². The summed E-state index contributed by atoms with van der Waals surface area (Å²) in [4.78, 5) is 11.3. The number of benzene rings is 1. The van der Waals surface area contributed by atoms with Crippen LogP contribution in [0.1, 0.15) is 37.7 Å². The number of nitrogens with one attached hydrogen (secondary N) is 1. The fourth-order valence-electron chi connectivity index (χ4n) is 2.68. The Morgan fingerprint density at radius 1 is 1.24 bits per heavy atom. The van der Waals surface area contributed by atoms with Crippen LogP contribution >= 0.6 is 0 Å². The summed E-state index contributed by atoms with van der Waals surface area (Å²) in [5, 5.41) is 8.80. The molecule has 1 atom stereocenters. The Kier molecular flexibility index (Phi) is 5.36. The fourth-order valence-corrected chi connectivity index (χ4v) is 4.44. The molecule has 2 rings (SSSR count). The Morgan fingerprint density at radius 3 is 2.43 bits per heavy atom. The first-order chi connectivity index (χ1) is 9.99. The second-order valence-electron chi connectivity index (χ2n) is 5.48. The Labute approximate surface area is 125 Å². The van der Waals surface area contributed by atoms with Crippen LogP contribution in [0.5, 0.6) is 0 Å². The van der Waals surface area contributed by atoms with Crippen LogP contribution < -0.4 is 4.72 Å². The van der Waals surface area contributed by atoms with Crippen LogP contribution in [0, 0.1) is 0 Å². The van der Waals surface area contributed by atoms with Gasteiger partial charge < -0.3 is 5.11 Å². The van der Waals surface area contributed by atoms with E-state index in [1.807, 2.05) is 30.3 Å². The first-order valence-electron chi connectivity index (χ1n) is 7.27. The predicted molar refractivity (Wildman–Crippen MR) is 80.5 cm³/mol. The molecule has 0 bridgehead atoms. The SMILES string of the molecule is O=C(O)C(CCc1ccccc1)NS(=O)(=O)C1CCCC1. The molecule has 1 fully saturated rings. The number of aryl methyl sites for hydroxylation is 1. The second-order valence-corrected chi connectivity index (χ2v) is 7.48. The van der Waals surface area contributed by atoms with Gasteiger partial charge in [-0.25, -0.2) is 13.1 Å². The van der Waals surface area contributed by atoms with Gasteiger partial charge in [-0.05, 0) is 31.2 Å². The third kappa shape index (κ3) is 4.54. The highest BCUT2D eigenvalue weighted by molar-refractivity contribution is 7.90. The summed E-state index contributed by atoms with van der Waals surface area (Å²) in [5.74, 6) is -1.12. The van der Waals surface area contributed by atoms with Gasteiger partial charge >= 0.3 is 5.97 Å². The number of carbonyl (C=O) groups is 1. The molecule has 0 heterocycles. The van der Waals surface area contributed by atoms with Crippen molar-refractivity contribution >= 4 is 16.0 Å². The summed E-state index contributed by atoms with van der Waals surface area (Å²) < 4.78 is 26.7. The zero-order chi connectivity index (χ0) is 15.3. The molecular weight excluding hydrogens is 290 g/mol. The molecule has 2 N–H and O–H groups in total. The van der Waals surface area contributed by atoms with Gasteiger partial charge in [-0.15, -0.1) is 0 Å². The fraction of sp³-hybridized carbons (Fsp3) is 0.533. The lowest BCUT2D eigenvalue weighted by Gasteiger charge is -2.18. The number of hydrogen-bond acceptors (Lipinski definition) is 3. The number of carboxylic acids is 1. The molecule has 1 aliphatic carbocycles. The minimum Gasteiger partial charge on any atom is -0.480 e. The molecule has 0 aliphatic heterocycles. The molecule has 0 aromatic heterocycles. The van der Waals surface area contributed by atoms with E-state index >= 15 is 0 Å². The van der Waals surface area contributed by atoms with Gasteiger partial charge in [-0.1, -0.05) is 43.2 Å². The molecule has 1 unspecified atom stereocenters. The number of rotatable bonds is 7. The van der Waals surface area contributed by atoms with E-state index in [1.54, 1.807) is 0 Å². The Morgan fingerprint density at radius 2 is 1.86 bits per heavy atom. The molecule has 21 heavy (non-hydrogen) atoms. The van der Waals surface area contributed by atoms with Crippen LogP contribution in [0.25, 0.3) is 0 Å². The van der Waals surface area contributed by atoms with Crippen LogP contribution in [-0.4, -0.2) is 30.8 Å². The highest BCUT2D eigenvalue weighted by Crippen LogP contribution is 2.24. The monoisotopic (exact) mass is 311 g/mol. The number of hydrogen-bond donors (Lipinski definition) is 2. The molecule has 1 aromatic rings. The smallest absolute Gasteiger partial charge is 0.321 e. The van der Waals surface area contributed by atoms with Gasteiger partial charge in [0.1, 0.15) is 6.04 Å². The van der Waals surface area contributed by atoms with Gasteiger partial charge in [0.25, 0.3) is 0 Å². The van der Waals surface area contributed by atoms with Crippen LogP contribution in [0.15, 0.2) is 30.3 Å². The van der Waals surface area contributed by atoms with Gasteiger partial charge in [-0.2, -0.15) is 0 Å². The molecular formula is C15H21NO4S. The van der Waals surface area contributed by atoms with Crippen molar-refractivity contribution in [1.82, 2.24) is 4.72 Å². The van der Waals surface area contributed by atoms with Gasteiger partial charge in [-0.3, -0.25) is 4.79 Å². The summed E-state index contributed by atoms with van der Waals surface area (Å²) in [5.41, 5.74) is 1.00. The second kappa shape index (κ2) is 7.04. The molecule has 1 saturated carbocycles. The quantitative estimate of drug-likeness (QED) is 0.806. The molecule has 1 aliphatic rings. The minimum atomic E-state index is -3.54. The molecule has 116 valence electrons. The van der Waals surface area contributed by atoms with E-state index in [-0.39, 0.29) is 6.42 Å². The first-order valence-corrected chi connectivity index (χ1v) is 8.81. The van der Waals surface area contributed by atoms with Crippen LogP contribution in [0.3, 0.4) is 0 Å². The Balaban J connectivity index is 1.97. The van der Waals surface area contributed by atoms with Crippen molar-refractivity contribution in [3.8, 4) is 0 Å². The van der Waals surface area contributed by atoms with Crippen molar-refractivity contribution in [3.05, 3.63) is 35.9 Å². The molecule has 1 aromatic carbocycles.